The van der Waals surface area contributed by atoms with E-state index < -0.39 is 0 Å². The van der Waals surface area contributed by atoms with Gasteiger partial charge in [-0.1, -0.05) is 11.6 Å². The summed E-state index contributed by atoms with van der Waals surface area (Å²) in [7, 11) is 0. The normalized spacial score (nSPS) is 17.3. The third-order valence-corrected chi connectivity index (χ3v) is 4.31. The molecule has 0 saturated carbocycles. The summed E-state index contributed by atoms with van der Waals surface area (Å²) in [5, 5.41) is 5.53. The molecule has 0 atom stereocenters. The third-order valence-electron chi connectivity index (χ3n) is 4.00. The molecule has 2 aromatic rings. The molecule has 0 aliphatic carbocycles. The van der Waals surface area contributed by atoms with Crippen molar-refractivity contribution in [1.82, 2.24) is 9.88 Å². The van der Waals surface area contributed by atoms with Crippen molar-refractivity contribution in [2.75, 3.05) is 19.7 Å². The number of benzene rings is 1. The number of nitrogens with zero attached hydrogens (tertiary/aromatic N) is 1. The number of hydrogen-bond donors (Lipinski definition) is 1. The zero-order valence-electron chi connectivity index (χ0n) is 10.5. The standard InChI is InChI=1S/C14H15ClN2O.ClH/c15-10-1-2-12-14-13(10)9-3-5-16-6-4-11(9)17(14)7-8-18-12;/h1-2,16H,3-8H2;1H. The maximum Gasteiger partial charge on any atom is 0.143 e. The van der Waals surface area contributed by atoms with Crippen LogP contribution >= 0.6 is 24.0 Å². The Kier molecular flexibility index (Phi) is 3.37. The molecule has 2 aliphatic heterocycles. The van der Waals surface area contributed by atoms with Gasteiger partial charge in [-0.3, -0.25) is 0 Å². The van der Waals surface area contributed by atoms with Crippen molar-refractivity contribution in [2.24, 2.45) is 0 Å². The molecule has 3 heterocycles. The van der Waals surface area contributed by atoms with Gasteiger partial charge in [0.15, 0.2) is 0 Å². The fraction of sp³-hybridized carbons (Fsp3) is 0.429. The van der Waals surface area contributed by atoms with Crippen LogP contribution in [0.1, 0.15) is 11.3 Å². The van der Waals surface area contributed by atoms with Crippen LogP contribution < -0.4 is 10.1 Å². The number of fused-ring (bicyclic) bond motifs is 3. The highest BCUT2D eigenvalue weighted by Crippen LogP contribution is 2.40. The van der Waals surface area contributed by atoms with Crippen molar-refractivity contribution >= 4 is 34.9 Å². The molecule has 1 aromatic heterocycles. The molecular weight excluding hydrogens is 283 g/mol. The lowest BCUT2D eigenvalue weighted by Gasteiger charge is -2.19. The quantitative estimate of drug-likeness (QED) is 0.809. The monoisotopic (exact) mass is 298 g/mol. The Morgan fingerprint density at radius 1 is 1.21 bits per heavy atom. The van der Waals surface area contributed by atoms with Crippen molar-refractivity contribution in [3.8, 4) is 5.75 Å². The maximum atomic E-state index is 6.42. The Balaban J connectivity index is 0.00000110. The van der Waals surface area contributed by atoms with E-state index in [-0.39, 0.29) is 12.4 Å². The van der Waals surface area contributed by atoms with Gasteiger partial charge in [-0.05, 0) is 30.7 Å². The Labute approximate surface area is 123 Å². The zero-order valence-corrected chi connectivity index (χ0v) is 12.1. The smallest absolute Gasteiger partial charge is 0.143 e. The van der Waals surface area contributed by atoms with E-state index in [1.54, 1.807) is 0 Å². The molecule has 19 heavy (non-hydrogen) atoms. The molecule has 4 rings (SSSR count). The van der Waals surface area contributed by atoms with Gasteiger partial charge in [0, 0.05) is 24.0 Å². The van der Waals surface area contributed by atoms with Crippen LogP contribution in [-0.4, -0.2) is 24.3 Å². The Morgan fingerprint density at radius 3 is 2.95 bits per heavy atom. The van der Waals surface area contributed by atoms with Gasteiger partial charge in [0.1, 0.15) is 12.4 Å². The van der Waals surface area contributed by atoms with Crippen LogP contribution in [0.2, 0.25) is 5.02 Å². The molecule has 5 heteroatoms. The average molecular weight is 299 g/mol. The number of ether oxygens (including phenoxy) is 1. The Hall–Kier alpha value is -0.900. The topological polar surface area (TPSA) is 26.2 Å². The van der Waals surface area contributed by atoms with Crippen LogP contribution in [0.5, 0.6) is 5.75 Å². The van der Waals surface area contributed by atoms with E-state index in [1.165, 1.54) is 22.2 Å². The van der Waals surface area contributed by atoms with Crippen LogP contribution in [0.4, 0.5) is 0 Å². The first-order valence-corrected chi connectivity index (χ1v) is 6.90. The van der Waals surface area contributed by atoms with Gasteiger partial charge in [-0.2, -0.15) is 0 Å². The van der Waals surface area contributed by atoms with Gasteiger partial charge in [0.25, 0.3) is 0 Å². The molecular formula is C14H16Cl2N2O. The fourth-order valence-corrected chi connectivity index (χ4v) is 3.52. The summed E-state index contributed by atoms with van der Waals surface area (Å²) in [4.78, 5) is 0. The van der Waals surface area contributed by atoms with Gasteiger partial charge in [0.2, 0.25) is 0 Å². The first-order valence-electron chi connectivity index (χ1n) is 6.52. The molecule has 0 bridgehead atoms. The summed E-state index contributed by atoms with van der Waals surface area (Å²) >= 11 is 6.42. The van der Waals surface area contributed by atoms with E-state index in [1.807, 2.05) is 12.1 Å². The molecule has 0 amide bonds. The number of rotatable bonds is 0. The van der Waals surface area contributed by atoms with E-state index in [4.69, 9.17) is 16.3 Å². The van der Waals surface area contributed by atoms with Crippen molar-refractivity contribution < 1.29 is 4.74 Å². The van der Waals surface area contributed by atoms with Crippen LogP contribution in [0, 0.1) is 0 Å². The Bertz CT molecular complexity index is 636. The number of aromatic nitrogens is 1. The van der Waals surface area contributed by atoms with Gasteiger partial charge in [0.05, 0.1) is 17.1 Å². The minimum atomic E-state index is 0. The lowest BCUT2D eigenvalue weighted by Crippen LogP contribution is -2.19. The molecule has 1 N–H and O–H groups in total. The lowest BCUT2D eigenvalue weighted by molar-refractivity contribution is 0.285. The van der Waals surface area contributed by atoms with E-state index in [9.17, 15) is 0 Å². The summed E-state index contributed by atoms with van der Waals surface area (Å²) in [5.74, 6) is 0.988. The molecule has 1 aromatic carbocycles. The van der Waals surface area contributed by atoms with Crippen LogP contribution in [0.3, 0.4) is 0 Å². The van der Waals surface area contributed by atoms with Crippen molar-refractivity contribution in [3.63, 3.8) is 0 Å². The van der Waals surface area contributed by atoms with Gasteiger partial charge in [-0.25, -0.2) is 0 Å². The SMILES string of the molecule is Cl.Clc1ccc2c3c1c1c(n3CCO2)CCNCC1. The van der Waals surface area contributed by atoms with Crippen LogP contribution in [0.25, 0.3) is 10.9 Å². The first kappa shape index (κ1) is 13.1. The highest BCUT2D eigenvalue weighted by Gasteiger charge is 2.25. The lowest BCUT2D eigenvalue weighted by atomic mass is 10.1. The van der Waals surface area contributed by atoms with E-state index >= 15 is 0 Å². The van der Waals surface area contributed by atoms with Crippen LogP contribution in [0.15, 0.2) is 12.1 Å². The third kappa shape index (κ3) is 1.83. The summed E-state index contributed by atoms with van der Waals surface area (Å²) in [6, 6.07) is 3.96. The van der Waals surface area contributed by atoms with Crippen molar-refractivity contribution in [2.45, 2.75) is 19.4 Å². The highest BCUT2D eigenvalue weighted by atomic mass is 35.5. The van der Waals surface area contributed by atoms with Gasteiger partial charge < -0.3 is 14.6 Å². The predicted molar refractivity (Wildman–Crippen MR) is 80.0 cm³/mol. The minimum Gasteiger partial charge on any atom is -0.490 e. The number of hydrogen-bond acceptors (Lipinski definition) is 2. The summed E-state index contributed by atoms with van der Waals surface area (Å²) < 4.78 is 8.18. The second-order valence-electron chi connectivity index (χ2n) is 4.94. The number of halogens is 2. The maximum absolute atomic E-state index is 6.42. The molecule has 0 saturated heterocycles. The first-order chi connectivity index (χ1) is 8.86. The molecule has 0 radical (unpaired) electrons. The highest BCUT2D eigenvalue weighted by molar-refractivity contribution is 6.36. The molecule has 0 unspecified atom stereocenters. The Morgan fingerprint density at radius 2 is 2.05 bits per heavy atom. The van der Waals surface area contributed by atoms with E-state index in [0.717, 1.165) is 49.9 Å². The molecule has 0 spiro atoms. The second kappa shape index (κ2) is 4.89. The fourth-order valence-electron chi connectivity index (χ4n) is 3.26. The molecule has 3 nitrogen and oxygen atoms in total. The average Bonchev–Trinajstić information content (AvgIpc) is 2.57. The van der Waals surface area contributed by atoms with Crippen molar-refractivity contribution in [3.05, 3.63) is 28.4 Å². The molecule has 0 fully saturated rings. The van der Waals surface area contributed by atoms with E-state index in [2.05, 4.69) is 9.88 Å². The summed E-state index contributed by atoms with van der Waals surface area (Å²) in [6.45, 7) is 3.79. The van der Waals surface area contributed by atoms with Gasteiger partial charge >= 0.3 is 0 Å². The molecule has 102 valence electrons. The zero-order chi connectivity index (χ0) is 12.1. The van der Waals surface area contributed by atoms with Gasteiger partial charge in [-0.15, -0.1) is 12.4 Å². The van der Waals surface area contributed by atoms with Crippen molar-refractivity contribution in [1.29, 1.82) is 0 Å². The summed E-state index contributed by atoms with van der Waals surface area (Å²) in [5.41, 5.74) is 4.08. The minimum absolute atomic E-state index is 0. The van der Waals surface area contributed by atoms with E-state index in [0.29, 0.717) is 0 Å². The number of nitrogens with one attached hydrogen (secondary N) is 1. The summed E-state index contributed by atoms with van der Waals surface area (Å²) in [6.07, 6.45) is 2.14. The largest absolute Gasteiger partial charge is 0.490 e. The predicted octanol–water partition coefficient (Wildman–Crippen LogP) is 2.80. The molecule has 2 aliphatic rings. The second-order valence-corrected chi connectivity index (χ2v) is 5.35. The van der Waals surface area contributed by atoms with Crippen LogP contribution in [-0.2, 0) is 19.4 Å².